The summed E-state index contributed by atoms with van der Waals surface area (Å²) in [5.41, 5.74) is 3.76. The number of benzene rings is 1. The molecule has 0 bridgehead atoms. The second-order valence-electron chi connectivity index (χ2n) is 3.60. The van der Waals surface area contributed by atoms with Gasteiger partial charge in [0.2, 0.25) is 0 Å². The minimum atomic E-state index is 0.208. The molecule has 0 radical (unpaired) electrons. The molecular weight excluding hydrogens is 164 g/mol. The lowest BCUT2D eigenvalue weighted by Gasteiger charge is -2.09. The van der Waals surface area contributed by atoms with Gasteiger partial charge in [-0.3, -0.25) is 0 Å². The fourth-order valence-electron chi connectivity index (χ4n) is 1.60. The van der Waals surface area contributed by atoms with Gasteiger partial charge >= 0.3 is 0 Å². The smallest absolute Gasteiger partial charge is 0.0725 e. The summed E-state index contributed by atoms with van der Waals surface area (Å²) in [6.07, 6.45) is 0. The Morgan fingerprint density at radius 1 is 1.38 bits per heavy atom. The maximum atomic E-state index is 9.01. The Kier molecular flexibility index (Phi) is 2.34. The van der Waals surface area contributed by atoms with E-state index >= 15 is 0 Å². The van der Waals surface area contributed by atoms with Crippen LogP contribution < -0.4 is 0 Å². The van der Waals surface area contributed by atoms with Gasteiger partial charge in [0.1, 0.15) is 0 Å². The monoisotopic (exact) mass is 178 g/mol. The molecule has 1 heterocycles. The van der Waals surface area contributed by atoms with E-state index in [4.69, 9.17) is 9.84 Å². The molecule has 2 rings (SSSR count). The van der Waals surface area contributed by atoms with Gasteiger partial charge in [-0.1, -0.05) is 25.1 Å². The van der Waals surface area contributed by atoms with Crippen molar-refractivity contribution in [3.8, 4) is 0 Å². The van der Waals surface area contributed by atoms with Gasteiger partial charge in [0.05, 0.1) is 13.2 Å². The van der Waals surface area contributed by atoms with Gasteiger partial charge in [0, 0.05) is 12.5 Å². The average Bonchev–Trinajstić information content (AvgIpc) is 2.63. The lowest BCUT2D eigenvalue weighted by molar-refractivity contribution is 0.134. The highest BCUT2D eigenvalue weighted by Gasteiger charge is 2.13. The van der Waals surface area contributed by atoms with Gasteiger partial charge in [-0.25, -0.2) is 0 Å². The molecule has 2 nitrogen and oxygen atoms in total. The number of fused-ring (bicyclic) bond motifs is 1. The number of aliphatic hydroxyl groups is 1. The maximum Gasteiger partial charge on any atom is 0.0725 e. The van der Waals surface area contributed by atoms with E-state index in [2.05, 4.69) is 18.2 Å². The molecule has 0 saturated carbocycles. The van der Waals surface area contributed by atoms with E-state index in [1.807, 2.05) is 6.92 Å². The average molecular weight is 178 g/mol. The number of rotatable bonds is 2. The highest BCUT2D eigenvalue weighted by atomic mass is 16.5. The number of hydrogen-bond acceptors (Lipinski definition) is 2. The zero-order valence-corrected chi connectivity index (χ0v) is 7.79. The molecule has 1 atom stereocenters. The Bertz CT molecular complexity index is 307. The van der Waals surface area contributed by atoms with Gasteiger partial charge < -0.3 is 9.84 Å². The Balaban J connectivity index is 2.30. The van der Waals surface area contributed by atoms with Crippen molar-refractivity contribution in [3.05, 3.63) is 34.9 Å². The van der Waals surface area contributed by atoms with Gasteiger partial charge in [0.15, 0.2) is 0 Å². The summed E-state index contributed by atoms with van der Waals surface area (Å²) in [6.45, 7) is 3.70. The lowest BCUT2D eigenvalue weighted by atomic mass is 9.98. The van der Waals surface area contributed by atoms with Crippen LogP contribution in [0.15, 0.2) is 18.2 Å². The van der Waals surface area contributed by atoms with Crippen LogP contribution in [-0.2, 0) is 18.0 Å². The summed E-state index contributed by atoms with van der Waals surface area (Å²) < 4.78 is 5.32. The minimum Gasteiger partial charge on any atom is -0.396 e. The summed E-state index contributed by atoms with van der Waals surface area (Å²) in [7, 11) is 0. The predicted octanol–water partition coefficient (Wildman–Crippen LogP) is 1.81. The van der Waals surface area contributed by atoms with Crippen LogP contribution in [0, 0.1) is 0 Å². The summed E-state index contributed by atoms with van der Waals surface area (Å²) in [5.74, 6) is 0.228. The number of aliphatic hydroxyl groups excluding tert-OH is 1. The van der Waals surface area contributed by atoms with E-state index in [9.17, 15) is 0 Å². The Morgan fingerprint density at radius 2 is 2.15 bits per heavy atom. The van der Waals surface area contributed by atoms with Crippen LogP contribution >= 0.6 is 0 Å². The minimum absolute atomic E-state index is 0.208. The van der Waals surface area contributed by atoms with Gasteiger partial charge in [-0.15, -0.1) is 0 Å². The maximum absolute atomic E-state index is 9.01. The topological polar surface area (TPSA) is 29.5 Å². The van der Waals surface area contributed by atoms with E-state index in [1.165, 1.54) is 16.7 Å². The first kappa shape index (κ1) is 8.73. The van der Waals surface area contributed by atoms with Crippen LogP contribution in [0.2, 0.25) is 0 Å². The van der Waals surface area contributed by atoms with Crippen molar-refractivity contribution < 1.29 is 9.84 Å². The first-order chi connectivity index (χ1) is 6.31. The second-order valence-corrected chi connectivity index (χ2v) is 3.60. The molecule has 0 spiro atoms. The van der Waals surface area contributed by atoms with E-state index < -0.39 is 0 Å². The number of hydrogen-bond donors (Lipinski definition) is 1. The normalized spacial score (nSPS) is 17.1. The summed E-state index contributed by atoms with van der Waals surface area (Å²) >= 11 is 0. The highest BCUT2D eigenvalue weighted by Crippen LogP contribution is 2.24. The third-order valence-electron chi connectivity index (χ3n) is 2.59. The summed E-state index contributed by atoms with van der Waals surface area (Å²) in [4.78, 5) is 0. The van der Waals surface area contributed by atoms with Crippen molar-refractivity contribution in [1.29, 1.82) is 0 Å². The van der Waals surface area contributed by atoms with Crippen molar-refractivity contribution in [2.75, 3.05) is 6.61 Å². The molecule has 0 unspecified atom stereocenters. The quantitative estimate of drug-likeness (QED) is 0.748. The molecule has 1 aliphatic rings. The summed E-state index contributed by atoms with van der Waals surface area (Å²) in [5, 5.41) is 9.01. The van der Waals surface area contributed by atoms with Crippen LogP contribution in [-0.4, -0.2) is 11.7 Å². The molecule has 1 aromatic rings. The third-order valence-corrected chi connectivity index (χ3v) is 2.59. The molecule has 13 heavy (non-hydrogen) atoms. The second kappa shape index (κ2) is 3.48. The predicted molar refractivity (Wildman–Crippen MR) is 50.4 cm³/mol. The van der Waals surface area contributed by atoms with Crippen molar-refractivity contribution >= 4 is 0 Å². The lowest BCUT2D eigenvalue weighted by Crippen LogP contribution is -1.99. The SMILES string of the molecule is C[C@@H](CO)c1ccc2c(c1)COC2. The van der Waals surface area contributed by atoms with Crippen LogP contribution in [0.3, 0.4) is 0 Å². The first-order valence-corrected chi connectivity index (χ1v) is 4.61. The first-order valence-electron chi connectivity index (χ1n) is 4.61. The van der Waals surface area contributed by atoms with Crippen LogP contribution in [0.25, 0.3) is 0 Å². The van der Waals surface area contributed by atoms with E-state index in [0.717, 1.165) is 13.2 Å². The molecule has 0 aromatic heterocycles. The molecule has 0 saturated heterocycles. The molecule has 70 valence electrons. The molecular formula is C11H14O2. The van der Waals surface area contributed by atoms with Crippen LogP contribution in [0.4, 0.5) is 0 Å². The Morgan fingerprint density at radius 3 is 2.92 bits per heavy atom. The Labute approximate surface area is 78.2 Å². The molecule has 1 N–H and O–H groups in total. The van der Waals surface area contributed by atoms with E-state index in [1.54, 1.807) is 0 Å². The molecule has 0 amide bonds. The molecule has 2 heteroatoms. The molecule has 0 aliphatic carbocycles. The number of ether oxygens (including phenoxy) is 1. The van der Waals surface area contributed by atoms with Gasteiger partial charge in [-0.05, 0) is 16.7 Å². The van der Waals surface area contributed by atoms with Crippen molar-refractivity contribution in [1.82, 2.24) is 0 Å². The fraction of sp³-hybridized carbons (Fsp3) is 0.455. The summed E-state index contributed by atoms with van der Waals surface area (Å²) in [6, 6.07) is 6.32. The molecule has 0 fully saturated rings. The van der Waals surface area contributed by atoms with Crippen LogP contribution in [0.1, 0.15) is 29.5 Å². The highest BCUT2D eigenvalue weighted by molar-refractivity contribution is 5.34. The van der Waals surface area contributed by atoms with Gasteiger partial charge in [-0.2, -0.15) is 0 Å². The van der Waals surface area contributed by atoms with Crippen molar-refractivity contribution in [2.45, 2.75) is 26.1 Å². The third kappa shape index (κ3) is 1.60. The standard InChI is InChI=1S/C11H14O2/c1-8(5-12)9-2-3-10-6-13-7-11(10)4-9/h2-4,8,12H,5-7H2,1H3/t8-/m0/s1. The molecule has 1 aliphatic heterocycles. The zero-order valence-electron chi connectivity index (χ0n) is 7.79. The Hall–Kier alpha value is -0.860. The zero-order chi connectivity index (χ0) is 9.26. The fourth-order valence-corrected chi connectivity index (χ4v) is 1.60. The van der Waals surface area contributed by atoms with Crippen molar-refractivity contribution in [2.24, 2.45) is 0 Å². The van der Waals surface area contributed by atoms with Crippen molar-refractivity contribution in [3.63, 3.8) is 0 Å². The van der Waals surface area contributed by atoms with E-state index in [-0.39, 0.29) is 12.5 Å². The van der Waals surface area contributed by atoms with E-state index in [0.29, 0.717) is 0 Å². The van der Waals surface area contributed by atoms with Crippen LogP contribution in [0.5, 0.6) is 0 Å². The largest absolute Gasteiger partial charge is 0.396 e. The van der Waals surface area contributed by atoms with Gasteiger partial charge in [0.25, 0.3) is 0 Å². The molecule has 1 aromatic carbocycles.